The number of nitrogens with zero attached hydrogens (tertiary/aromatic N) is 4. The Morgan fingerprint density at radius 3 is 2.85 bits per heavy atom. The highest BCUT2D eigenvalue weighted by Crippen LogP contribution is 2.08. The lowest BCUT2D eigenvalue weighted by atomic mass is 10.2. The molecule has 13 heavy (non-hydrogen) atoms. The van der Waals surface area contributed by atoms with E-state index in [1.54, 1.807) is 4.68 Å². The molecule has 0 spiro atoms. The molecule has 0 bridgehead atoms. The third-order valence-electron chi connectivity index (χ3n) is 1.78. The van der Waals surface area contributed by atoms with Crippen molar-refractivity contribution in [1.29, 1.82) is 0 Å². The molecule has 1 heterocycles. The molecule has 2 aromatic rings. The summed E-state index contributed by atoms with van der Waals surface area (Å²) in [6, 6.07) is 7.74. The van der Waals surface area contributed by atoms with Crippen molar-refractivity contribution in [2.75, 3.05) is 0 Å². The van der Waals surface area contributed by atoms with E-state index in [0.717, 1.165) is 17.1 Å². The van der Waals surface area contributed by atoms with Crippen LogP contribution in [-0.4, -0.2) is 20.2 Å². The van der Waals surface area contributed by atoms with E-state index in [1.165, 1.54) is 0 Å². The maximum absolute atomic E-state index is 3.85. The van der Waals surface area contributed by atoms with Gasteiger partial charge in [-0.3, -0.25) is 0 Å². The molecule has 0 amide bonds. The number of aryl methyl sites for hydroxylation is 1. The molecule has 4 heteroatoms. The van der Waals surface area contributed by atoms with Gasteiger partial charge in [0.2, 0.25) is 0 Å². The van der Waals surface area contributed by atoms with Crippen molar-refractivity contribution < 1.29 is 0 Å². The molecule has 4 nitrogen and oxygen atoms in total. The Hall–Kier alpha value is -1.71. The van der Waals surface area contributed by atoms with E-state index in [-0.39, 0.29) is 0 Å². The van der Waals surface area contributed by atoms with Crippen LogP contribution in [0, 0.1) is 13.8 Å². The van der Waals surface area contributed by atoms with E-state index < -0.39 is 0 Å². The zero-order valence-corrected chi connectivity index (χ0v) is 7.31. The first-order chi connectivity index (χ1) is 6.27. The Morgan fingerprint density at radius 2 is 2.23 bits per heavy atom. The molecule has 0 aliphatic rings. The van der Waals surface area contributed by atoms with Gasteiger partial charge in [0.25, 0.3) is 0 Å². The minimum absolute atomic E-state index is 0.769. The lowest BCUT2D eigenvalue weighted by molar-refractivity contribution is 0.779. The van der Waals surface area contributed by atoms with Crippen LogP contribution in [0.25, 0.3) is 5.69 Å². The van der Waals surface area contributed by atoms with Crippen LogP contribution in [0.1, 0.15) is 11.4 Å². The van der Waals surface area contributed by atoms with E-state index in [9.17, 15) is 0 Å². The van der Waals surface area contributed by atoms with Crippen molar-refractivity contribution in [3.63, 3.8) is 0 Å². The molecule has 0 atom stereocenters. The smallest absolute Gasteiger partial charge is 0.153 e. The first-order valence-corrected chi connectivity index (χ1v) is 3.95. The fourth-order valence-corrected chi connectivity index (χ4v) is 1.16. The van der Waals surface area contributed by atoms with E-state index in [2.05, 4.69) is 22.4 Å². The molecule has 0 aliphatic carbocycles. The van der Waals surface area contributed by atoms with Crippen molar-refractivity contribution in [2.24, 2.45) is 0 Å². The summed E-state index contributed by atoms with van der Waals surface area (Å²) in [6.07, 6.45) is 0. The van der Waals surface area contributed by atoms with Crippen LogP contribution in [0.2, 0.25) is 0 Å². The molecule has 0 aliphatic heterocycles. The van der Waals surface area contributed by atoms with E-state index in [1.807, 2.05) is 31.2 Å². The lowest BCUT2D eigenvalue weighted by Crippen LogP contribution is -1.99. The predicted octanol–water partition coefficient (Wildman–Crippen LogP) is 1.15. The van der Waals surface area contributed by atoms with Gasteiger partial charge in [0.1, 0.15) is 0 Å². The molecule has 0 fully saturated rings. The van der Waals surface area contributed by atoms with Crippen LogP contribution in [0.3, 0.4) is 0 Å². The molecule has 0 saturated heterocycles. The highest BCUT2D eigenvalue weighted by atomic mass is 15.5. The zero-order valence-electron chi connectivity index (χ0n) is 7.31. The predicted molar refractivity (Wildman–Crippen MR) is 48.4 cm³/mol. The summed E-state index contributed by atoms with van der Waals surface area (Å²) in [5.41, 5.74) is 1.89. The molecule has 0 unspecified atom stereocenters. The van der Waals surface area contributed by atoms with E-state index in [0.29, 0.717) is 0 Å². The van der Waals surface area contributed by atoms with Crippen LogP contribution < -0.4 is 0 Å². The second-order valence-electron chi connectivity index (χ2n) is 2.81. The summed E-state index contributed by atoms with van der Waals surface area (Å²) in [6.45, 7) is 5.70. The number of tetrazole rings is 1. The van der Waals surface area contributed by atoms with Crippen molar-refractivity contribution in [3.8, 4) is 5.69 Å². The second kappa shape index (κ2) is 2.97. The monoisotopic (exact) mass is 173 g/mol. The SMILES string of the molecule is [CH2]c1cccc(-n2nnnc2C)c1. The van der Waals surface area contributed by atoms with E-state index >= 15 is 0 Å². The number of rotatable bonds is 1. The highest BCUT2D eigenvalue weighted by Gasteiger charge is 2.01. The van der Waals surface area contributed by atoms with Crippen molar-refractivity contribution in [1.82, 2.24) is 20.2 Å². The van der Waals surface area contributed by atoms with Crippen molar-refractivity contribution >= 4 is 0 Å². The standard InChI is InChI=1S/C9H9N4/c1-7-4-3-5-9(6-7)13-8(2)10-11-12-13/h3-6H,1H2,2H3. The van der Waals surface area contributed by atoms with E-state index in [4.69, 9.17) is 0 Å². The fourth-order valence-electron chi connectivity index (χ4n) is 1.16. The average Bonchev–Trinajstić information content (AvgIpc) is 2.51. The van der Waals surface area contributed by atoms with Gasteiger partial charge in [-0.05, 0) is 42.0 Å². The lowest BCUT2D eigenvalue weighted by Gasteiger charge is -2.01. The summed E-state index contributed by atoms with van der Waals surface area (Å²) in [4.78, 5) is 0. The summed E-state index contributed by atoms with van der Waals surface area (Å²) >= 11 is 0. The fraction of sp³-hybridized carbons (Fsp3) is 0.111. The molecule has 1 aromatic carbocycles. The Balaban J connectivity index is 2.53. The van der Waals surface area contributed by atoms with Gasteiger partial charge in [0, 0.05) is 0 Å². The van der Waals surface area contributed by atoms with Crippen molar-refractivity contribution in [3.05, 3.63) is 42.6 Å². The van der Waals surface area contributed by atoms with Gasteiger partial charge >= 0.3 is 0 Å². The second-order valence-corrected chi connectivity index (χ2v) is 2.81. The number of aromatic nitrogens is 4. The quantitative estimate of drug-likeness (QED) is 0.649. The molecular weight excluding hydrogens is 164 g/mol. The normalized spacial score (nSPS) is 10.3. The molecule has 0 saturated carbocycles. The number of benzene rings is 1. The molecule has 1 aromatic heterocycles. The summed E-state index contributed by atoms with van der Waals surface area (Å²) in [7, 11) is 0. The maximum Gasteiger partial charge on any atom is 0.153 e. The van der Waals surface area contributed by atoms with Gasteiger partial charge in [-0.1, -0.05) is 12.1 Å². The minimum Gasteiger partial charge on any atom is -0.198 e. The Bertz CT molecular complexity index is 419. The maximum atomic E-state index is 3.85. The van der Waals surface area contributed by atoms with Gasteiger partial charge in [-0.2, -0.15) is 4.68 Å². The molecule has 0 N–H and O–H groups in total. The summed E-state index contributed by atoms with van der Waals surface area (Å²) in [5.74, 6) is 0.769. The Morgan fingerprint density at radius 1 is 1.38 bits per heavy atom. The first-order valence-electron chi connectivity index (χ1n) is 3.95. The third kappa shape index (κ3) is 1.42. The van der Waals surface area contributed by atoms with Gasteiger partial charge in [-0.25, -0.2) is 0 Å². The summed E-state index contributed by atoms with van der Waals surface area (Å²) in [5, 5.41) is 11.2. The van der Waals surface area contributed by atoms with Gasteiger partial charge in [-0.15, -0.1) is 5.10 Å². The van der Waals surface area contributed by atoms with Crippen LogP contribution in [0.5, 0.6) is 0 Å². The van der Waals surface area contributed by atoms with Gasteiger partial charge < -0.3 is 0 Å². The van der Waals surface area contributed by atoms with Gasteiger partial charge in [0.15, 0.2) is 5.82 Å². The minimum atomic E-state index is 0.769. The molecule has 65 valence electrons. The van der Waals surface area contributed by atoms with Gasteiger partial charge in [0.05, 0.1) is 5.69 Å². The zero-order chi connectivity index (χ0) is 9.26. The first kappa shape index (κ1) is 7.91. The van der Waals surface area contributed by atoms with Crippen molar-refractivity contribution in [2.45, 2.75) is 6.92 Å². The largest absolute Gasteiger partial charge is 0.198 e. The number of hydrogen-bond donors (Lipinski definition) is 0. The van der Waals surface area contributed by atoms with Crippen LogP contribution >= 0.6 is 0 Å². The average molecular weight is 173 g/mol. The summed E-state index contributed by atoms with van der Waals surface area (Å²) < 4.78 is 1.68. The molecule has 1 radical (unpaired) electrons. The van der Waals surface area contributed by atoms with Crippen LogP contribution in [-0.2, 0) is 0 Å². The Labute approximate surface area is 76.2 Å². The highest BCUT2D eigenvalue weighted by molar-refractivity contribution is 5.36. The van der Waals surface area contributed by atoms with Crippen LogP contribution in [0.4, 0.5) is 0 Å². The Kier molecular flexibility index (Phi) is 1.81. The topological polar surface area (TPSA) is 43.6 Å². The third-order valence-corrected chi connectivity index (χ3v) is 1.78. The molecular formula is C9H9N4. The van der Waals surface area contributed by atoms with Crippen LogP contribution in [0.15, 0.2) is 24.3 Å². The number of hydrogen-bond acceptors (Lipinski definition) is 3. The molecule has 2 rings (SSSR count).